The van der Waals surface area contributed by atoms with Gasteiger partial charge >= 0.3 is 12.0 Å². The van der Waals surface area contributed by atoms with E-state index in [0.29, 0.717) is 32.8 Å². The van der Waals surface area contributed by atoms with Crippen LogP contribution in [0.1, 0.15) is 24.8 Å². The van der Waals surface area contributed by atoms with Crippen LogP contribution in [0, 0.1) is 5.41 Å². The van der Waals surface area contributed by atoms with Crippen molar-refractivity contribution >= 4 is 12.0 Å². The minimum absolute atomic E-state index is 0.0337. The first-order chi connectivity index (χ1) is 13.5. The van der Waals surface area contributed by atoms with Gasteiger partial charge in [0.25, 0.3) is 0 Å². The smallest absolute Gasteiger partial charge is 0.317 e. The van der Waals surface area contributed by atoms with E-state index in [0.717, 1.165) is 19.3 Å². The summed E-state index contributed by atoms with van der Waals surface area (Å²) in [5.41, 5.74) is 1.49. The third-order valence-electron chi connectivity index (χ3n) is 5.80. The number of morpholine rings is 1. The molecule has 0 bridgehead atoms. The molecule has 2 N–H and O–H groups in total. The molecule has 1 atom stereocenters. The number of hydrogen-bond donors (Lipinski definition) is 2. The van der Waals surface area contributed by atoms with Gasteiger partial charge in [0.15, 0.2) is 0 Å². The number of carboxylic acids is 1. The molecule has 1 unspecified atom stereocenters. The summed E-state index contributed by atoms with van der Waals surface area (Å²) >= 11 is 0. The Labute approximate surface area is 166 Å². The number of nitrogens with zero attached hydrogens (tertiary/aromatic N) is 2. The molecule has 1 aliphatic heterocycles. The lowest BCUT2D eigenvalue weighted by Gasteiger charge is -2.43. The minimum Gasteiger partial charge on any atom is -0.480 e. The fourth-order valence-corrected chi connectivity index (χ4v) is 4.15. The number of aliphatic carboxylic acids is 1. The lowest BCUT2D eigenvalue weighted by molar-refractivity contribution is -0.138. The molecule has 2 aliphatic rings. The molecule has 154 valence electrons. The summed E-state index contributed by atoms with van der Waals surface area (Å²) in [7, 11) is 1.75. The van der Waals surface area contributed by atoms with Crippen molar-refractivity contribution in [3.63, 3.8) is 0 Å². The largest absolute Gasteiger partial charge is 0.480 e. The number of carboxylic acid groups (broad SMARTS) is 1. The maximum Gasteiger partial charge on any atom is 0.317 e. The second-order valence-corrected chi connectivity index (χ2v) is 8.20. The highest BCUT2D eigenvalue weighted by Gasteiger charge is 2.37. The monoisotopic (exact) mass is 389 g/mol. The average Bonchev–Trinajstić information content (AvgIpc) is 2.64. The summed E-state index contributed by atoms with van der Waals surface area (Å²) < 4.78 is 5.71. The number of ether oxygens (including phenoxy) is 1. The van der Waals surface area contributed by atoms with E-state index in [1.807, 2.05) is 6.07 Å². The summed E-state index contributed by atoms with van der Waals surface area (Å²) in [6.07, 6.45) is 4.35. The summed E-state index contributed by atoms with van der Waals surface area (Å²) in [5.74, 6) is -0.864. The Morgan fingerprint density at radius 3 is 2.71 bits per heavy atom. The van der Waals surface area contributed by atoms with Gasteiger partial charge in [0.2, 0.25) is 0 Å². The highest BCUT2D eigenvalue weighted by Crippen LogP contribution is 2.43. The van der Waals surface area contributed by atoms with Gasteiger partial charge in [-0.15, -0.1) is 0 Å². The number of carbonyl (C=O) groups is 2. The Morgan fingerprint density at radius 2 is 2.07 bits per heavy atom. The van der Waals surface area contributed by atoms with Crippen LogP contribution in [0.15, 0.2) is 30.3 Å². The molecular formula is C21H31N3O4. The van der Waals surface area contributed by atoms with E-state index in [4.69, 9.17) is 9.84 Å². The molecule has 0 radical (unpaired) electrons. The molecule has 0 aromatic heterocycles. The van der Waals surface area contributed by atoms with Gasteiger partial charge in [0.1, 0.15) is 0 Å². The van der Waals surface area contributed by atoms with Crippen LogP contribution < -0.4 is 5.32 Å². The van der Waals surface area contributed by atoms with Crippen LogP contribution in [0.2, 0.25) is 0 Å². The summed E-state index contributed by atoms with van der Waals surface area (Å²) in [4.78, 5) is 27.0. The Hall–Kier alpha value is -2.12. The van der Waals surface area contributed by atoms with E-state index in [2.05, 4.69) is 29.6 Å². The Morgan fingerprint density at radius 1 is 1.32 bits per heavy atom. The van der Waals surface area contributed by atoms with Crippen molar-refractivity contribution in [2.24, 2.45) is 5.41 Å². The van der Waals surface area contributed by atoms with Crippen molar-refractivity contribution in [1.29, 1.82) is 0 Å². The highest BCUT2D eigenvalue weighted by atomic mass is 16.5. The summed E-state index contributed by atoms with van der Waals surface area (Å²) in [6, 6.07) is 10.4. The predicted molar refractivity (Wildman–Crippen MR) is 106 cm³/mol. The SMILES string of the molecule is CN(CC(=O)O)CC1CN(C(=O)NCC2(Cc3ccccc3)CCC2)CCO1. The van der Waals surface area contributed by atoms with E-state index < -0.39 is 5.97 Å². The number of hydrogen-bond acceptors (Lipinski definition) is 4. The van der Waals surface area contributed by atoms with Crippen molar-refractivity contribution in [2.75, 3.05) is 46.4 Å². The molecule has 3 rings (SSSR count). The van der Waals surface area contributed by atoms with Crippen molar-refractivity contribution < 1.29 is 19.4 Å². The van der Waals surface area contributed by atoms with Crippen LogP contribution in [0.5, 0.6) is 0 Å². The summed E-state index contributed by atoms with van der Waals surface area (Å²) in [6.45, 7) is 2.69. The maximum absolute atomic E-state index is 12.7. The molecular weight excluding hydrogens is 358 g/mol. The van der Waals surface area contributed by atoms with Crippen LogP contribution in [0.3, 0.4) is 0 Å². The molecule has 7 heteroatoms. The van der Waals surface area contributed by atoms with E-state index >= 15 is 0 Å². The van der Waals surface area contributed by atoms with Crippen LogP contribution in [-0.4, -0.2) is 79.4 Å². The maximum atomic E-state index is 12.7. The number of carbonyl (C=O) groups excluding carboxylic acids is 1. The van der Waals surface area contributed by atoms with Gasteiger partial charge in [-0.05, 0) is 37.3 Å². The minimum atomic E-state index is -0.864. The van der Waals surface area contributed by atoms with Gasteiger partial charge in [-0.1, -0.05) is 36.8 Å². The first-order valence-corrected chi connectivity index (χ1v) is 10.0. The Bertz CT molecular complexity index is 663. The van der Waals surface area contributed by atoms with Gasteiger partial charge in [-0.25, -0.2) is 4.79 Å². The average molecular weight is 389 g/mol. The van der Waals surface area contributed by atoms with Gasteiger partial charge in [-0.2, -0.15) is 0 Å². The van der Waals surface area contributed by atoms with E-state index in [1.165, 1.54) is 12.0 Å². The molecule has 1 saturated heterocycles. The van der Waals surface area contributed by atoms with E-state index in [9.17, 15) is 9.59 Å². The zero-order chi connectivity index (χ0) is 20.0. The predicted octanol–water partition coefficient (Wildman–Crippen LogP) is 1.83. The van der Waals surface area contributed by atoms with Crippen molar-refractivity contribution in [3.05, 3.63) is 35.9 Å². The Balaban J connectivity index is 1.47. The van der Waals surface area contributed by atoms with E-state index in [1.54, 1.807) is 16.8 Å². The topological polar surface area (TPSA) is 82.1 Å². The molecule has 1 saturated carbocycles. The normalized spacial score (nSPS) is 21.2. The molecule has 1 aliphatic carbocycles. The van der Waals surface area contributed by atoms with Crippen LogP contribution >= 0.6 is 0 Å². The zero-order valence-corrected chi connectivity index (χ0v) is 16.6. The number of rotatable bonds is 8. The van der Waals surface area contributed by atoms with Crippen molar-refractivity contribution in [2.45, 2.75) is 31.8 Å². The van der Waals surface area contributed by atoms with Gasteiger partial charge in [0.05, 0.1) is 19.3 Å². The summed E-state index contributed by atoms with van der Waals surface area (Å²) in [5, 5.41) is 12.0. The first kappa shape index (κ1) is 20.6. The Kier molecular flexibility index (Phi) is 6.91. The number of urea groups is 1. The number of amides is 2. The number of benzene rings is 1. The molecule has 1 aromatic rings. The number of likely N-dealkylation sites (N-methyl/N-ethyl adjacent to an activating group) is 1. The van der Waals surface area contributed by atoms with Crippen LogP contribution in [0.4, 0.5) is 4.79 Å². The van der Waals surface area contributed by atoms with Crippen LogP contribution in [-0.2, 0) is 16.0 Å². The second kappa shape index (κ2) is 9.39. The number of nitrogens with one attached hydrogen (secondary N) is 1. The molecule has 2 fully saturated rings. The fourth-order valence-electron chi connectivity index (χ4n) is 4.15. The quantitative estimate of drug-likeness (QED) is 0.709. The first-order valence-electron chi connectivity index (χ1n) is 10.0. The molecule has 1 heterocycles. The zero-order valence-electron chi connectivity index (χ0n) is 16.6. The fraction of sp³-hybridized carbons (Fsp3) is 0.619. The highest BCUT2D eigenvalue weighted by molar-refractivity contribution is 5.74. The lowest BCUT2D eigenvalue weighted by Crippen LogP contribution is -2.54. The second-order valence-electron chi connectivity index (χ2n) is 8.20. The van der Waals surface area contributed by atoms with Crippen LogP contribution in [0.25, 0.3) is 0 Å². The lowest BCUT2D eigenvalue weighted by atomic mass is 9.65. The van der Waals surface area contributed by atoms with Gasteiger partial charge < -0.3 is 20.1 Å². The van der Waals surface area contributed by atoms with Crippen molar-refractivity contribution in [3.8, 4) is 0 Å². The molecule has 28 heavy (non-hydrogen) atoms. The third kappa shape index (κ3) is 5.69. The third-order valence-corrected chi connectivity index (χ3v) is 5.80. The van der Waals surface area contributed by atoms with E-state index in [-0.39, 0.29) is 24.1 Å². The molecule has 7 nitrogen and oxygen atoms in total. The van der Waals surface area contributed by atoms with Gasteiger partial charge in [0, 0.05) is 26.2 Å². The van der Waals surface area contributed by atoms with Gasteiger partial charge in [-0.3, -0.25) is 9.69 Å². The van der Waals surface area contributed by atoms with Crippen molar-refractivity contribution in [1.82, 2.24) is 15.1 Å². The molecule has 1 aromatic carbocycles. The molecule has 0 spiro atoms. The molecule has 2 amide bonds. The standard InChI is InChI=1S/C21H31N3O4/c1-23(15-19(25)26)13-18-14-24(10-11-28-18)20(27)22-16-21(8-5-9-21)12-17-6-3-2-4-7-17/h2-4,6-7,18H,5,8-16H2,1H3,(H,22,27)(H,25,26).